The van der Waals surface area contributed by atoms with Crippen LogP contribution in [0.4, 0.5) is 5.69 Å². The van der Waals surface area contributed by atoms with Crippen molar-refractivity contribution in [3.05, 3.63) is 63.6 Å². The van der Waals surface area contributed by atoms with Crippen molar-refractivity contribution in [3.63, 3.8) is 0 Å². The third-order valence-electron chi connectivity index (χ3n) is 4.04. The lowest BCUT2D eigenvalue weighted by Gasteiger charge is -2.13. The number of halogens is 2. The number of nitrogens with one attached hydrogen (secondary N) is 2. The number of hydrogen-bond donors (Lipinski definition) is 3. The van der Waals surface area contributed by atoms with E-state index in [1.807, 2.05) is 43.4 Å². The normalized spacial score (nSPS) is 11.7. The largest absolute Gasteiger partial charge is 0.342 e. The third kappa shape index (κ3) is 5.73. The van der Waals surface area contributed by atoms with Gasteiger partial charge in [-0.15, -0.1) is 0 Å². The molecule has 26 heavy (non-hydrogen) atoms. The Hall–Kier alpha value is -2.08. The molecule has 0 aliphatic heterocycles. The molecular formula is C19H22Cl2N3O2+. The zero-order valence-electron chi connectivity index (χ0n) is 14.7. The summed E-state index contributed by atoms with van der Waals surface area (Å²) in [4.78, 5) is 24.0. The third-order valence-corrected chi connectivity index (χ3v) is 4.79. The van der Waals surface area contributed by atoms with E-state index >= 15 is 0 Å². The molecule has 2 aromatic rings. The van der Waals surface area contributed by atoms with Crippen molar-refractivity contribution in [2.24, 2.45) is 0 Å². The van der Waals surface area contributed by atoms with Crippen molar-refractivity contribution >= 4 is 40.7 Å². The Morgan fingerprint density at radius 1 is 1.04 bits per heavy atom. The summed E-state index contributed by atoms with van der Waals surface area (Å²) in [7, 11) is 0. The van der Waals surface area contributed by atoms with Crippen LogP contribution in [0.25, 0.3) is 0 Å². The first kappa shape index (κ1) is 20.2. The molecule has 0 heterocycles. The molecule has 0 aliphatic rings. The van der Waals surface area contributed by atoms with Gasteiger partial charge < -0.3 is 16.0 Å². The van der Waals surface area contributed by atoms with Crippen LogP contribution in [0.15, 0.2) is 42.5 Å². The van der Waals surface area contributed by atoms with Crippen LogP contribution in [-0.4, -0.2) is 24.9 Å². The van der Waals surface area contributed by atoms with Crippen LogP contribution in [0.5, 0.6) is 0 Å². The van der Waals surface area contributed by atoms with Crippen molar-refractivity contribution in [1.82, 2.24) is 5.32 Å². The van der Waals surface area contributed by atoms with Crippen molar-refractivity contribution < 1.29 is 14.9 Å². The molecule has 0 aromatic heterocycles. The van der Waals surface area contributed by atoms with E-state index in [2.05, 4.69) is 10.6 Å². The number of quaternary nitrogens is 1. The number of carbonyl (C=O) groups excluding carboxylic acids is 2. The Labute approximate surface area is 163 Å². The first-order valence-electron chi connectivity index (χ1n) is 8.28. The molecule has 0 radical (unpaired) electrons. The van der Waals surface area contributed by atoms with Gasteiger partial charge >= 0.3 is 0 Å². The first-order valence-corrected chi connectivity index (χ1v) is 9.03. The van der Waals surface area contributed by atoms with E-state index in [-0.39, 0.29) is 30.9 Å². The van der Waals surface area contributed by atoms with E-state index in [1.165, 1.54) is 0 Å². The maximum absolute atomic E-state index is 12.0. The molecule has 1 atom stereocenters. The SMILES string of the molecule is Cc1c(Cl)cccc1NC(=O)CNC(=O)C[NH2+][C@@H](C)c1ccccc1Cl. The Morgan fingerprint density at radius 2 is 1.73 bits per heavy atom. The molecule has 2 rings (SSSR count). The molecule has 0 unspecified atom stereocenters. The second kappa shape index (κ2) is 9.57. The number of amides is 2. The average Bonchev–Trinajstić information content (AvgIpc) is 2.62. The number of hydrogen-bond acceptors (Lipinski definition) is 2. The van der Waals surface area contributed by atoms with Gasteiger partial charge in [0, 0.05) is 21.3 Å². The molecule has 0 aliphatic carbocycles. The van der Waals surface area contributed by atoms with Crippen molar-refractivity contribution in [3.8, 4) is 0 Å². The van der Waals surface area contributed by atoms with Crippen LogP contribution < -0.4 is 16.0 Å². The number of nitrogens with two attached hydrogens (primary N) is 1. The van der Waals surface area contributed by atoms with Crippen LogP contribution >= 0.6 is 23.2 Å². The highest BCUT2D eigenvalue weighted by atomic mass is 35.5. The van der Waals surface area contributed by atoms with E-state index in [1.54, 1.807) is 18.2 Å². The van der Waals surface area contributed by atoms with Crippen molar-refractivity contribution in [2.45, 2.75) is 19.9 Å². The second-order valence-corrected chi connectivity index (χ2v) is 6.80. The molecule has 2 amide bonds. The van der Waals surface area contributed by atoms with Crippen LogP contribution in [0.2, 0.25) is 10.0 Å². The molecule has 5 nitrogen and oxygen atoms in total. The van der Waals surface area contributed by atoms with Crippen LogP contribution in [0.3, 0.4) is 0 Å². The summed E-state index contributed by atoms with van der Waals surface area (Å²) in [5.74, 6) is -0.523. The van der Waals surface area contributed by atoms with Crippen LogP contribution in [0, 0.1) is 6.92 Å². The number of rotatable bonds is 7. The molecule has 4 N–H and O–H groups in total. The number of carbonyl (C=O) groups is 2. The van der Waals surface area contributed by atoms with Crippen molar-refractivity contribution in [2.75, 3.05) is 18.4 Å². The topological polar surface area (TPSA) is 74.8 Å². The fourth-order valence-corrected chi connectivity index (χ4v) is 2.93. The minimum absolute atomic E-state index is 0.0392. The molecule has 0 saturated heterocycles. The lowest BCUT2D eigenvalue weighted by molar-refractivity contribution is -0.682. The van der Waals surface area contributed by atoms with E-state index < -0.39 is 0 Å². The summed E-state index contributed by atoms with van der Waals surface area (Å²) in [5, 5.41) is 8.47. The van der Waals surface area contributed by atoms with E-state index in [4.69, 9.17) is 23.2 Å². The fraction of sp³-hybridized carbons (Fsp3) is 0.263. The Bertz CT molecular complexity index is 796. The van der Waals surface area contributed by atoms with E-state index in [0.29, 0.717) is 15.7 Å². The smallest absolute Gasteiger partial charge is 0.275 e. The Kier molecular flexibility index (Phi) is 7.45. The van der Waals surface area contributed by atoms with E-state index in [9.17, 15) is 9.59 Å². The molecule has 0 bridgehead atoms. The van der Waals surface area contributed by atoms with Gasteiger partial charge in [0.2, 0.25) is 5.91 Å². The summed E-state index contributed by atoms with van der Waals surface area (Å²) >= 11 is 12.2. The summed E-state index contributed by atoms with van der Waals surface area (Å²) in [6.07, 6.45) is 0. The number of benzene rings is 2. The quantitative estimate of drug-likeness (QED) is 0.675. The number of anilines is 1. The summed E-state index contributed by atoms with van der Waals surface area (Å²) in [5.41, 5.74) is 2.39. The fourth-order valence-electron chi connectivity index (χ4n) is 2.44. The lowest BCUT2D eigenvalue weighted by atomic mass is 10.1. The first-order chi connectivity index (χ1) is 12.4. The summed E-state index contributed by atoms with van der Waals surface area (Å²) in [6, 6.07) is 12.8. The molecule has 2 aromatic carbocycles. The van der Waals surface area contributed by atoms with Gasteiger partial charge in [-0.05, 0) is 37.6 Å². The maximum Gasteiger partial charge on any atom is 0.275 e. The van der Waals surface area contributed by atoms with Gasteiger partial charge in [0.15, 0.2) is 6.54 Å². The van der Waals surface area contributed by atoms with Crippen molar-refractivity contribution in [1.29, 1.82) is 0 Å². The zero-order valence-corrected chi connectivity index (χ0v) is 16.2. The van der Waals surface area contributed by atoms with Gasteiger partial charge in [0.25, 0.3) is 5.91 Å². The maximum atomic E-state index is 12.0. The van der Waals surface area contributed by atoms with Gasteiger partial charge in [-0.1, -0.05) is 47.5 Å². The Balaban J connectivity index is 1.77. The van der Waals surface area contributed by atoms with Gasteiger partial charge in [0.05, 0.1) is 6.54 Å². The van der Waals surface area contributed by atoms with E-state index in [0.717, 1.165) is 11.1 Å². The minimum atomic E-state index is -0.303. The zero-order chi connectivity index (χ0) is 19.1. The molecule has 138 valence electrons. The monoisotopic (exact) mass is 394 g/mol. The summed E-state index contributed by atoms with van der Waals surface area (Å²) in [6.45, 7) is 3.90. The predicted octanol–water partition coefficient (Wildman–Crippen LogP) is 2.68. The van der Waals surface area contributed by atoms with Gasteiger partial charge in [0.1, 0.15) is 6.04 Å². The lowest BCUT2D eigenvalue weighted by Crippen LogP contribution is -2.87. The highest BCUT2D eigenvalue weighted by Gasteiger charge is 2.15. The molecule has 0 saturated carbocycles. The standard InChI is InChI=1S/C19H21Cl2N3O2/c1-12-15(20)8-5-9-17(12)24-19(26)11-23-18(25)10-22-13(2)14-6-3-4-7-16(14)21/h3-9,13,22H,10-11H2,1-2H3,(H,23,25)(H,24,26)/p+1/t13-/m0/s1. The minimum Gasteiger partial charge on any atom is -0.342 e. The highest BCUT2D eigenvalue weighted by Crippen LogP contribution is 2.22. The molecule has 0 spiro atoms. The molecular weight excluding hydrogens is 373 g/mol. The second-order valence-electron chi connectivity index (χ2n) is 5.99. The summed E-state index contributed by atoms with van der Waals surface area (Å²) < 4.78 is 0. The van der Waals surface area contributed by atoms with Gasteiger partial charge in [-0.25, -0.2) is 0 Å². The van der Waals surface area contributed by atoms with Gasteiger partial charge in [-0.2, -0.15) is 0 Å². The predicted molar refractivity (Wildman–Crippen MR) is 104 cm³/mol. The van der Waals surface area contributed by atoms with Crippen LogP contribution in [0.1, 0.15) is 24.1 Å². The Morgan fingerprint density at radius 3 is 2.46 bits per heavy atom. The molecule has 7 heteroatoms. The highest BCUT2D eigenvalue weighted by molar-refractivity contribution is 6.32. The van der Waals surface area contributed by atoms with Crippen LogP contribution in [-0.2, 0) is 9.59 Å². The molecule has 0 fully saturated rings. The average molecular weight is 395 g/mol. The van der Waals surface area contributed by atoms with Gasteiger partial charge in [-0.3, -0.25) is 9.59 Å².